The lowest BCUT2D eigenvalue weighted by molar-refractivity contribution is -0.131. The summed E-state index contributed by atoms with van der Waals surface area (Å²) in [4.78, 5) is 25.6. The van der Waals surface area contributed by atoms with Crippen LogP contribution in [0.25, 0.3) is 0 Å². The van der Waals surface area contributed by atoms with Gasteiger partial charge >= 0.3 is 0 Å². The topological polar surface area (TPSA) is 69.6 Å². The van der Waals surface area contributed by atoms with Crippen molar-refractivity contribution in [1.29, 1.82) is 0 Å². The third-order valence-corrected chi connectivity index (χ3v) is 3.17. The fourth-order valence-corrected chi connectivity index (χ4v) is 2.00. The van der Waals surface area contributed by atoms with Gasteiger partial charge in [-0.05, 0) is 25.8 Å². The predicted molar refractivity (Wildman–Crippen MR) is 81.7 cm³/mol. The summed E-state index contributed by atoms with van der Waals surface area (Å²) in [7, 11) is 0. The molecule has 0 aliphatic heterocycles. The average Bonchev–Trinajstić information content (AvgIpc) is 2.44. The van der Waals surface area contributed by atoms with Crippen LogP contribution in [0.3, 0.4) is 0 Å². The van der Waals surface area contributed by atoms with Gasteiger partial charge in [-0.3, -0.25) is 19.8 Å². The van der Waals surface area contributed by atoms with Crippen LogP contribution in [0.15, 0.2) is 30.3 Å². The first-order valence-electron chi connectivity index (χ1n) is 7.24. The van der Waals surface area contributed by atoms with Gasteiger partial charge in [-0.2, -0.15) is 0 Å². The summed E-state index contributed by atoms with van der Waals surface area (Å²) >= 11 is 0. The van der Waals surface area contributed by atoms with Crippen LogP contribution < -0.4 is 5.32 Å². The van der Waals surface area contributed by atoms with Gasteiger partial charge in [0.1, 0.15) is 0 Å². The Morgan fingerprint density at radius 3 is 2.43 bits per heavy atom. The summed E-state index contributed by atoms with van der Waals surface area (Å²) in [5, 5.41) is 11.3. The molecule has 2 N–H and O–H groups in total. The Balaban J connectivity index is 2.42. The summed E-state index contributed by atoms with van der Waals surface area (Å²) in [5.74, 6) is -0.598. The SMILES string of the molecule is CC(C)N(CCCO)CC(=O)NC(=O)Cc1ccccc1. The van der Waals surface area contributed by atoms with Crippen molar-refractivity contribution in [3.8, 4) is 0 Å². The van der Waals surface area contributed by atoms with Crippen LogP contribution in [-0.2, 0) is 16.0 Å². The van der Waals surface area contributed by atoms with Crippen LogP contribution in [0.5, 0.6) is 0 Å². The lowest BCUT2D eigenvalue weighted by atomic mass is 10.1. The molecule has 0 fully saturated rings. The van der Waals surface area contributed by atoms with Gasteiger partial charge in [0.05, 0.1) is 13.0 Å². The summed E-state index contributed by atoms with van der Waals surface area (Å²) < 4.78 is 0. The lowest BCUT2D eigenvalue weighted by Crippen LogP contribution is -2.43. The molecule has 0 unspecified atom stereocenters. The fourth-order valence-electron chi connectivity index (χ4n) is 2.00. The molecule has 0 spiro atoms. The smallest absolute Gasteiger partial charge is 0.240 e. The number of amides is 2. The summed E-state index contributed by atoms with van der Waals surface area (Å²) in [5.41, 5.74) is 0.879. The fraction of sp³-hybridized carbons (Fsp3) is 0.500. The number of hydrogen-bond acceptors (Lipinski definition) is 4. The van der Waals surface area contributed by atoms with Crippen molar-refractivity contribution in [3.63, 3.8) is 0 Å². The Bertz CT molecular complexity index is 446. The average molecular weight is 292 g/mol. The van der Waals surface area contributed by atoms with Crippen LogP contribution in [0.1, 0.15) is 25.8 Å². The van der Waals surface area contributed by atoms with Crippen LogP contribution in [0, 0.1) is 0 Å². The number of benzene rings is 1. The maximum absolute atomic E-state index is 11.9. The predicted octanol–water partition coefficient (Wildman–Crippen LogP) is 0.965. The molecule has 0 aliphatic carbocycles. The molecule has 0 atom stereocenters. The largest absolute Gasteiger partial charge is 0.396 e. The van der Waals surface area contributed by atoms with E-state index in [0.717, 1.165) is 5.56 Å². The van der Waals surface area contributed by atoms with Gasteiger partial charge in [-0.1, -0.05) is 30.3 Å². The molecule has 0 aliphatic rings. The molecule has 2 amide bonds. The quantitative estimate of drug-likeness (QED) is 0.749. The van der Waals surface area contributed by atoms with Gasteiger partial charge < -0.3 is 5.11 Å². The maximum atomic E-state index is 11.9. The minimum Gasteiger partial charge on any atom is -0.396 e. The van der Waals surface area contributed by atoms with Crippen molar-refractivity contribution in [2.24, 2.45) is 0 Å². The molecule has 1 aromatic carbocycles. The summed E-state index contributed by atoms with van der Waals surface area (Å²) in [6.07, 6.45) is 0.814. The van der Waals surface area contributed by atoms with Crippen molar-refractivity contribution in [2.45, 2.75) is 32.7 Å². The van der Waals surface area contributed by atoms with Gasteiger partial charge in [-0.15, -0.1) is 0 Å². The van der Waals surface area contributed by atoms with Gasteiger partial charge in [0.25, 0.3) is 0 Å². The number of nitrogens with zero attached hydrogens (tertiary/aromatic N) is 1. The number of aliphatic hydroxyl groups is 1. The zero-order valence-electron chi connectivity index (χ0n) is 12.7. The van der Waals surface area contributed by atoms with Crippen molar-refractivity contribution in [1.82, 2.24) is 10.2 Å². The minimum atomic E-state index is -0.303. The molecule has 1 aromatic rings. The Morgan fingerprint density at radius 1 is 1.19 bits per heavy atom. The van der Waals surface area contributed by atoms with E-state index in [2.05, 4.69) is 5.32 Å². The minimum absolute atomic E-state index is 0.0950. The van der Waals surface area contributed by atoms with Crippen molar-refractivity contribution >= 4 is 11.8 Å². The van der Waals surface area contributed by atoms with Crippen LogP contribution in [0.2, 0.25) is 0 Å². The number of hydrogen-bond donors (Lipinski definition) is 2. The first-order valence-corrected chi connectivity index (χ1v) is 7.24. The number of imide groups is 1. The van der Waals surface area contributed by atoms with Crippen LogP contribution in [0.4, 0.5) is 0 Å². The molecular weight excluding hydrogens is 268 g/mol. The first-order chi connectivity index (χ1) is 10.0. The third kappa shape index (κ3) is 7.02. The Hall–Kier alpha value is -1.72. The highest BCUT2D eigenvalue weighted by atomic mass is 16.3. The zero-order chi connectivity index (χ0) is 15.7. The highest BCUT2D eigenvalue weighted by molar-refractivity contribution is 5.96. The molecule has 0 radical (unpaired) electrons. The standard InChI is InChI=1S/C16H24N2O3/c1-13(2)18(9-6-10-19)12-16(21)17-15(20)11-14-7-4-3-5-8-14/h3-5,7-8,13,19H,6,9-12H2,1-2H3,(H,17,20,21). The van der Waals surface area contributed by atoms with E-state index < -0.39 is 0 Å². The normalized spacial score (nSPS) is 10.9. The number of carbonyl (C=O) groups is 2. The molecule has 5 nitrogen and oxygen atoms in total. The second kappa shape index (κ2) is 9.26. The Morgan fingerprint density at radius 2 is 1.86 bits per heavy atom. The number of rotatable bonds is 8. The molecule has 0 heterocycles. The van der Waals surface area contributed by atoms with Crippen LogP contribution in [-0.4, -0.2) is 47.6 Å². The van der Waals surface area contributed by atoms with E-state index in [1.165, 1.54) is 0 Å². The summed E-state index contributed by atoms with van der Waals surface area (Å²) in [6.45, 7) is 4.86. The second-order valence-corrected chi connectivity index (χ2v) is 5.28. The number of aliphatic hydroxyl groups excluding tert-OH is 1. The highest BCUT2D eigenvalue weighted by Crippen LogP contribution is 2.01. The number of carbonyl (C=O) groups excluding carboxylic acids is 2. The van der Waals surface area contributed by atoms with Crippen molar-refractivity contribution in [3.05, 3.63) is 35.9 Å². The van der Waals surface area contributed by atoms with E-state index in [0.29, 0.717) is 13.0 Å². The van der Waals surface area contributed by atoms with Crippen molar-refractivity contribution < 1.29 is 14.7 Å². The zero-order valence-corrected chi connectivity index (χ0v) is 12.7. The molecule has 5 heteroatoms. The van der Waals surface area contributed by atoms with E-state index in [1.807, 2.05) is 49.1 Å². The number of nitrogens with one attached hydrogen (secondary N) is 1. The molecule has 116 valence electrons. The van der Waals surface area contributed by atoms with Crippen LogP contribution >= 0.6 is 0 Å². The first kappa shape index (κ1) is 17.3. The molecule has 1 rings (SSSR count). The molecule has 0 saturated carbocycles. The van der Waals surface area contributed by atoms with Crippen molar-refractivity contribution in [2.75, 3.05) is 19.7 Å². The van der Waals surface area contributed by atoms with E-state index in [9.17, 15) is 9.59 Å². The van der Waals surface area contributed by atoms with E-state index in [4.69, 9.17) is 5.11 Å². The highest BCUT2D eigenvalue weighted by Gasteiger charge is 2.15. The second-order valence-electron chi connectivity index (χ2n) is 5.28. The maximum Gasteiger partial charge on any atom is 0.240 e. The Labute approximate surface area is 126 Å². The molecule has 0 bridgehead atoms. The Kier molecular flexibility index (Phi) is 7.64. The van der Waals surface area contributed by atoms with Gasteiger partial charge in [0.2, 0.25) is 11.8 Å². The molecule has 0 saturated heterocycles. The van der Waals surface area contributed by atoms with Gasteiger partial charge in [-0.25, -0.2) is 0 Å². The lowest BCUT2D eigenvalue weighted by Gasteiger charge is -2.25. The molecule has 0 aromatic heterocycles. The van der Waals surface area contributed by atoms with Gasteiger partial charge in [0.15, 0.2) is 0 Å². The monoisotopic (exact) mass is 292 g/mol. The molecule has 21 heavy (non-hydrogen) atoms. The van der Waals surface area contributed by atoms with E-state index in [1.54, 1.807) is 0 Å². The van der Waals surface area contributed by atoms with E-state index in [-0.39, 0.29) is 37.4 Å². The van der Waals surface area contributed by atoms with E-state index >= 15 is 0 Å². The van der Waals surface area contributed by atoms with Gasteiger partial charge in [0, 0.05) is 19.2 Å². The third-order valence-electron chi connectivity index (χ3n) is 3.17. The molecular formula is C16H24N2O3. The summed E-state index contributed by atoms with van der Waals surface area (Å²) in [6, 6.07) is 9.50.